The topological polar surface area (TPSA) is 41.1 Å². The fourth-order valence-corrected chi connectivity index (χ4v) is 1.18. The molecule has 0 heterocycles. The van der Waals surface area contributed by atoms with Gasteiger partial charge in [0, 0.05) is 18.7 Å². The standard InChI is InChI=1S/C12H17FN2O/c1-9(2)7-14-12(16)15-8-10-5-3-4-6-11(10)13/h3-6,9H,7-8H2,1-2H3,(H2,14,15,16). The summed E-state index contributed by atoms with van der Waals surface area (Å²) < 4.78 is 13.2. The second-order valence-electron chi connectivity index (χ2n) is 4.05. The lowest BCUT2D eigenvalue weighted by Gasteiger charge is -2.09. The Balaban J connectivity index is 2.35. The van der Waals surface area contributed by atoms with Crippen LogP contribution in [0.2, 0.25) is 0 Å². The smallest absolute Gasteiger partial charge is 0.315 e. The quantitative estimate of drug-likeness (QED) is 0.809. The molecule has 88 valence electrons. The molecule has 1 rings (SSSR count). The Labute approximate surface area is 95.0 Å². The van der Waals surface area contributed by atoms with Crippen LogP contribution in [0.3, 0.4) is 0 Å². The van der Waals surface area contributed by atoms with Crippen molar-refractivity contribution in [2.75, 3.05) is 6.54 Å². The van der Waals surface area contributed by atoms with Crippen LogP contribution in [0, 0.1) is 11.7 Å². The van der Waals surface area contributed by atoms with E-state index in [4.69, 9.17) is 0 Å². The average Bonchev–Trinajstić information content (AvgIpc) is 2.25. The summed E-state index contributed by atoms with van der Waals surface area (Å²) in [7, 11) is 0. The monoisotopic (exact) mass is 224 g/mol. The molecule has 0 radical (unpaired) electrons. The summed E-state index contributed by atoms with van der Waals surface area (Å²) in [5, 5.41) is 5.30. The molecule has 0 unspecified atom stereocenters. The van der Waals surface area contributed by atoms with E-state index < -0.39 is 0 Å². The molecule has 0 spiro atoms. The Morgan fingerprint density at radius 2 is 2.00 bits per heavy atom. The molecule has 1 aromatic carbocycles. The molecule has 16 heavy (non-hydrogen) atoms. The maximum absolute atomic E-state index is 13.2. The molecular weight excluding hydrogens is 207 g/mol. The van der Waals surface area contributed by atoms with Gasteiger partial charge in [0.25, 0.3) is 0 Å². The van der Waals surface area contributed by atoms with Gasteiger partial charge in [0.2, 0.25) is 0 Å². The first-order valence-corrected chi connectivity index (χ1v) is 5.34. The Morgan fingerprint density at radius 3 is 2.62 bits per heavy atom. The van der Waals surface area contributed by atoms with Crippen LogP contribution in [0.15, 0.2) is 24.3 Å². The number of rotatable bonds is 4. The van der Waals surface area contributed by atoms with Crippen LogP contribution in [0.1, 0.15) is 19.4 Å². The summed E-state index contributed by atoms with van der Waals surface area (Å²) in [6.45, 7) is 4.84. The third kappa shape index (κ3) is 4.29. The fourth-order valence-electron chi connectivity index (χ4n) is 1.18. The van der Waals surface area contributed by atoms with Gasteiger partial charge >= 0.3 is 6.03 Å². The lowest BCUT2D eigenvalue weighted by molar-refractivity contribution is 0.239. The number of hydrogen-bond donors (Lipinski definition) is 2. The maximum Gasteiger partial charge on any atom is 0.315 e. The third-order valence-electron chi connectivity index (χ3n) is 2.07. The second kappa shape index (κ2) is 6.10. The van der Waals surface area contributed by atoms with Crippen molar-refractivity contribution in [3.8, 4) is 0 Å². The minimum absolute atomic E-state index is 0.205. The van der Waals surface area contributed by atoms with Gasteiger partial charge in [-0.25, -0.2) is 9.18 Å². The maximum atomic E-state index is 13.2. The van der Waals surface area contributed by atoms with Gasteiger partial charge in [-0.05, 0) is 12.0 Å². The zero-order valence-electron chi connectivity index (χ0n) is 9.59. The zero-order chi connectivity index (χ0) is 12.0. The van der Waals surface area contributed by atoms with Crippen LogP contribution in [-0.4, -0.2) is 12.6 Å². The third-order valence-corrected chi connectivity index (χ3v) is 2.07. The molecule has 2 N–H and O–H groups in total. The van der Waals surface area contributed by atoms with Crippen LogP contribution in [0.4, 0.5) is 9.18 Å². The van der Waals surface area contributed by atoms with Gasteiger partial charge in [-0.2, -0.15) is 0 Å². The Kier molecular flexibility index (Phi) is 4.76. The minimum Gasteiger partial charge on any atom is -0.338 e. The zero-order valence-corrected chi connectivity index (χ0v) is 9.59. The molecule has 0 aliphatic rings. The van der Waals surface area contributed by atoms with E-state index >= 15 is 0 Å². The number of halogens is 1. The van der Waals surface area contributed by atoms with Crippen molar-refractivity contribution in [3.05, 3.63) is 35.6 Å². The Hall–Kier alpha value is -1.58. The first-order chi connectivity index (χ1) is 7.59. The largest absolute Gasteiger partial charge is 0.338 e. The van der Waals surface area contributed by atoms with E-state index in [-0.39, 0.29) is 18.4 Å². The predicted octanol–water partition coefficient (Wildman–Crippen LogP) is 2.28. The summed E-state index contributed by atoms with van der Waals surface area (Å²) in [6.07, 6.45) is 0. The van der Waals surface area contributed by atoms with Crippen molar-refractivity contribution in [2.24, 2.45) is 5.92 Å². The summed E-state index contributed by atoms with van der Waals surface area (Å²) in [6, 6.07) is 6.13. The Bertz CT molecular complexity index is 353. The molecule has 0 saturated heterocycles. The van der Waals surface area contributed by atoms with Crippen molar-refractivity contribution >= 4 is 6.03 Å². The number of nitrogens with one attached hydrogen (secondary N) is 2. The van der Waals surface area contributed by atoms with E-state index in [1.165, 1.54) is 6.07 Å². The van der Waals surface area contributed by atoms with Crippen molar-refractivity contribution < 1.29 is 9.18 Å². The van der Waals surface area contributed by atoms with Gasteiger partial charge < -0.3 is 10.6 Å². The summed E-state index contributed by atoms with van der Waals surface area (Å²) in [4.78, 5) is 11.3. The number of amides is 2. The van der Waals surface area contributed by atoms with Crippen LogP contribution >= 0.6 is 0 Å². The summed E-state index contributed by atoms with van der Waals surface area (Å²) >= 11 is 0. The Morgan fingerprint density at radius 1 is 1.31 bits per heavy atom. The van der Waals surface area contributed by atoms with Crippen molar-refractivity contribution in [1.29, 1.82) is 0 Å². The van der Waals surface area contributed by atoms with Gasteiger partial charge in [0.05, 0.1) is 0 Å². The molecule has 4 heteroatoms. The van der Waals surface area contributed by atoms with Crippen molar-refractivity contribution in [3.63, 3.8) is 0 Å². The number of benzene rings is 1. The van der Waals surface area contributed by atoms with Crippen molar-refractivity contribution in [1.82, 2.24) is 10.6 Å². The van der Waals surface area contributed by atoms with Gasteiger partial charge in [-0.1, -0.05) is 32.0 Å². The number of carbonyl (C=O) groups is 1. The molecule has 1 aromatic rings. The highest BCUT2D eigenvalue weighted by Gasteiger charge is 2.04. The highest BCUT2D eigenvalue weighted by molar-refractivity contribution is 5.73. The number of urea groups is 1. The first-order valence-electron chi connectivity index (χ1n) is 5.34. The average molecular weight is 224 g/mol. The van der Waals surface area contributed by atoms with E-state index in [1.54, 1.807) is 18.2 Å². The fraction of sp³-hybridized carbons (Fsp3) is 0.417. The summed E-state index contributed by atoms with van der Waals surface area (Å²) in [5.41, 5.74) is 0.488. The lowest BCUT2D eigenvalue weighted by Crippen LogP contribution is -2.37. The second-order valence-corrected chi connectivity index (χ2v) is 4.05. The van der Waals surface area contributed by atoms with E-state index in [2.05, 4.69) is 10.6 Å². The van der Waals surface area contributed by atoms with Crippen LogP contribution in [0.5, 0.6) is 0 Å². The van der Waals surface area contributed by atoms with Gasteiger partial charge in [0.1, 0.15) is 5.82 Å². The number of hydrogen-bond acceptors (Lipinski definition) is 1. The predicted molar refractivity (Wildman–Crippen MR) is 61.5 cm³/mol. The molecular formula is C12H17FN2O. The lowest BCUT2D eigenvalue weighted by atomic mass is 10.2. The molecule has 3 nitrogen and oxygen atoms in total. The van der Waals surface area contributed by atoms with E-state index in [0.717, 1.165) is 0 Å². The molecule has 0 saturated carbocycles. The molecule has 0 aromatic heterocycles. The van der Waals surface area contributed by atoms with Gasteiger partial charge in [-0.3, -0.25) is 0 Å². The summed E-state index contributed by atoms with van der Waals surface area (Å²) in [5.74, 6) is 0.103. The highest BCUT2D eigenvalue weighted by atomic mass is 19.1. The van der Waals surface area contributed by atoms with E-state index in [0.29, 0.717) is 18.0 Å². The van der Waals surface area contributed by atoms with Gasteiger partial charge in [0.15, 0.2) is 0 Å². The van der Waals surface area contributed by atoms with Crippen LogP contribution in [0.25, 0.3) is 0 Å². The first kappa shape index (κ1) is 12.5. The molecule has 0 aliphatic heterocycles. The van der Waals surface area contributed by atoms with Gasteiger partial charge in [-0.15, -0.1) is 0 Å². The van der Waals surface area contributed by atoms with E-state index in [9.17, 15) is 9.18 Å². The van der Waals surface area contributed by atoms with Crippen LogP contribution in [-0.2, 0) is 6.54 Å². The molecule has 0 bridgehead atoms. The molecule has 0 fully saturated rings. The SMILES string of the molecule is CC(C)CNC(=O)NCc1ccccc1F. The van der Waals surface area contributed by atoms with Crippen molar-refractivity contribution in [2.45, 2.75) is 20.4 Å². The molecule has 0 atom stereocenters. The van der Waals surface area contributed by atoms with Crippen LogP contribution < -0.4 is 10.6 Å². The normalized spacial score (nSPS) is 10.2. The minimum atomic E-state index is -0.299. The molecule has 2 amide bonds. The van der Waals surface area contributed by atoms with E-state index in [1.807, 2.05) is 13.8 Å². The molecule has 0 aliphatic carbocycles. The number of carbonyl (C=O) groups excluding carboxylic acids is 1. The highest BCUT2D eigenvalue weighted by Crippen LogP contribution is 2.05.